The lowest BCUT2D eigenvalue weighted by Gasteiger charge is -2.05. The highest BCUT2D eigenvalue weighted by Crippen LogP contribution is 2.12. The molecule has 1 atom stereocenters. The van der Waals surface area contributed by atoms with Crippen molar-refractivity contribution in [2.75, 3.05) is 0 Å². The SMILES string of the molecule is CCC(Cl)CCCCc1ccccc1. The molecule has 1 unspecified atom stereocenters. The number of alkyl halides is 1. The van der Waals surface area contributed by atoms with E-state index in [0.29, 0.717) is 5.38 Å². The third-order valence-electron chi connectivity index (χ3n) is 2.52. The normalized spacial score (nSPS) is 12.7. The maximum absolute atomic E-state index is 6.05. The lowest BCUT2D eigenvalue weighted by atomic mass is 10.1. The Kier molecular flexibility index (Phi) is 5.70. The highest BCUT2D eigenvalue weighted by atomic mass is 35.5. The van der Waals surface area contributed by atoms with Crippen molar-refractivity contribution < 1.29 is 0 Å². The second-order valence-electron chi connectivity index (χ2n) is 3.74. The summed E-state index contributed by atoms with van der Waals surface area (Å²) in [7, 11) is 0. The molecule has 1 aromatic rings. The monoisotopic (exact) mass is 210 g/mol. The fourth-order valence-corrected chi connectivity index (χ4v) is 1.70. The molecule has 0 saturated heterocycles. The van der Waals surface area contributed by atoms with Crippen LogP contribution in [0.25, 0.3) is 0 Å². The summed E-state index contributed by atoms with van der Waals surface area (Å²) in [5.74, 6) is 0. The van der Waals surface area contributed by atoms with Crippen LogP contribution >= 0.6 is 11.6 Å². The van der Waals surface area contributed by atoms with E-state index in [2.05, 4.69) is 37.3 Å². The van der Waals surface area contributed by atoms with Crippen LogP contribution in [-0.4, -0.2) is 5.38 Å². The van der Waals surface area contributed by atoms with Crippen molar-refractivity contribution in [3.05, 3.63) is 35.9 Å². The summed E-state index contributed by atoms with van der Waals surface area (Å²) < 4.78 is 0. The Hall–Kier alpha value is -0.490. The Balaban J connectivity index is 2.10. The average molecular weight is 211 g/mol. The minimum Gasteiger partial charge on any atom is -0.123 e. The van der Waals surface area contributed by atoms with Gasteiger partial charge in [0.2, 0.25) is 0 Å². The van der Waals surface area contributed by atoms with Gasteiger partial charge in [-0.3, -0.25) is 0 Å². The molecule has 0 aliphatic rings. The first-order chi connectivity index (χ1) is 6.83. The van der Waals surface area contributed by atoms with Crippen LogP contribution in [0.4, 0.5) is 0 Å². The van der Waals surface area contributed by atoms with Crippen LogP contribution in [-0.2, 0) is 6.42 Å². The van der Waals surface area contributed by atoms with Gasteiger partial charge < -0.3 is 0 Å². The molecule has 78 valence electrons. The van der Waals surface area contributed by atoms with Gasteiger partial charge in [-0.1, -0.05) is 43.7 Å². The minimum absolute atomic E-state index is 0.380. The van der Waals surface area contributed by atoms with Gasteiger partial charge >= 0.3 is 0 Å². The third-order valence-corrected chi connectivity index (χ3v) is 3.05. The Labute approximate surface area is 92.3 Å². The van der Waals surface area contributed by atoms with Gasteiger partial charge in [-0.05, 0) is 31.2 Å². The molecular weight excluding hydrogens is 192 g/mol. The topological polar surface area (TPSA) is 0 Å². The molecule has 14 heavy (non-hydrogen) atoms. The van der Waals surface area contributed by atoms with Crippen LogP contribution in [0.2, 0.25) is 0 Å². The molecule has 0 fully saturated rings. The standard InChI is InChI=1S/C13H19Cl/c1-2-13(14)11-7-6-10-12-8-4-3-5-9-12/h3-5,8-9,13H,2,6-7,10-11H2,1H3. The smallest absolute Gasteiger partial charge is 0.0333 e. The number of unbranched alkanes of at least 4 members (excludes halogenated alkanes) is 1. The van der Waals surface area contributed by atoms with Crippen molar-refractivity contribution >= 4 is 11.6 Å². The Bertz CT molecular complexity index is 230. The lowest BCUT2D eigenvalue weighted by Crippen LogP contribution is -1.96. The molecule has 0 N–H and O–H groups in total. The van der Waals surface area contributed by atoms with E-state index in [1.165, 1.54) is 24.8 Å². The molecule has 1 heteroatoms. The Morgan fingerprint density at radius 1 is 1.14 bits per heavy atom. The fraction of sp³-hybridized carbons (Fsp3) is 0.538. The first-order valence-electron chi connectivity index (χ1n) is 5.51. The van der Waals surface area contributed by atoms with E-state index in [1.54, 1.807) is 0 Å². The summed E-state index contributed by atoms with van der Waals surface area (Å²) in [6.45, 7) is 2.15. The predicted molar refractivity (Wildman–Crippen MR) is 63.9 cm³/mol. The molecule has 0 amide bonds. The summed E-state index contributed by atoms with van der Waals surface area (Å²) in [6.07, 6.45) is 5.94. The predicted octanol–water partition coefficient (Wildman–Crippen LogP) is 4.42. The van der Waals surface area contributed by atoms with Crippen LogP contribution in [0.15, 0.2) is 30.3 Å². The van der Waals surface area contributed by atoms with Crippen molar-refractivity contribution in [3.8, 4) is 0 Å². The summed E-state index contributed by atoms with van der Waals surface area (Å²) in [4.78, 5) is 0. The van der Waals surface area contributed by atoms with Crippen LogP contribution < -0.4 is 0 Å². The van der Waals surface area contributed by atoms with Crippen molar-refractivity contribution in [1.29, 1.82) is 0 Å². The molecule has 1 rings (SSSR count). The average Bonchev–Trinajstić information content (AvgIpc) is 2.25. The second-order valence-corrected chi connectivity index (χ2v) is 4.35. The van der Waals surface area contributed by atoms with E-state index in [1.807, 2.05) is 0 Å². The first-order valence-corrected chi connectivity index (χ1v) is 5.94. The van der Waals surface area contributed by atoms with Crippen molar-refractivity contribution in [2.45, 2.75) is 44.4 Å². The van der Waals surface area contributed by atoms with E-state index in [0.717, 1.165) is 12.8 Å². The van der Waals surface area contributed by atoms with Crippen LogP contribution in [0, 0.1) is 0 Å². The molecule has 0 saturated carbocycles. The molecule has 0 nitrogen and oxygen atoms in total. The molecular formula is C13H19Cl. The molecule has 0 aromatic heterocycles. The van der Waals surface area contributed by atoms with E-state index in [4.69, 9.17) is 11.6 Å². The van der Waals surface area contributed by atoms with E-state index >= 15 is 0 Å². The molecule has 0 aliphatic carbocycles. The van der Waals surface area contributed by atoms with Crippen LogP contribution in [0.5, 0.6) is 0 Å². The van der Waals surface area contributed by atoms with Gasteiger partial charge in [-0.25, -0.2) is 0 Å². The zero-order valence-electron chi connectivity index (χ0n) is 8.88. The lowest BCUT2D eigenvalue weighted by molar-refractivity contribution is 0.638. The quantitative estimate of drug-likeness (QED) is 0.482. The molecule has 0 bridgehead atoms. The summed E-state index contributed by atoms with van der Waals surface area (Å²) >= 11 is 6.05. The molecule has 0 heterocycles. The van der Waals surface area contributed by atoms with Crippen LogP contribution in [0.3, 0.4) is 0 Å². The van der Waals surface area contributed by atoms with E-state index in [-0.39, 0.29) is 0 Å². The highest BCUT2D eigenvalue weighted by molar-refractivity contribution is 6.20. The maximum atomic E-state index is 6.05. The molecule has 0 radical (unpaired) electrons. The zero-order valence-corrected chi connectivity index (χ0v) is 9.63. The number of rotatable bonds is 6. The first kappa shape index (κ1) is 11.6. The number of hydrogen-bond acceptors (Lipinski definition) is 0. The van der Waals surface area contributed by atoms with Gasteiger partial charge in [0.15, 0.2) is 0 Å². The minimum atomic E-state index is 0.380. The van der Waals surface area contributed by atoms with Gasteiger partial charge in [0.1, 0.15) is 0 Å². The van der Waals surface area contributed by atoms with Gasteiger partial charge in [0, 0.05) is 5.38 Å². The van der Waals surface area contributed by atoms with Crippen molar-refractivity contribution in [1.82, 2.24) is 0 Å². The number of benzene rings is 1. The molecule has 1 aromatic carbocycles. The number of hydrogen-bond donors (Lipinski definition) is 0. The van der Waals surface area contributed by atoms with Crippen molar-refractivity contribution in [3.63, 3.8) is 0 Å². The zero-order chi connectivity index (χ0) is 10.2. The highest BCUT2D eigenvalue weighted by Gasteiger charge is 2.00. The summed E-state index contributed by atoms with van der Waals surface area (Å²) in [5.41, 5.74) is 1.44. The van der Waals surface area contributed by atoms with Crippen LogP contribution in [0.1, 0.15) is 38.2 Å². The van der Waals surface area contributed by atoms with E-state index in [9.17, 15) is 0 Å². The maximum Gasteiger partial charge on any atom is 0.0333 e. The summed E-state index contributed by atoms with van der Waals surface area (Å²) in [5, 5.41) is 0.380. The molecule has 0 spiro atoms. The number of halogens is 1. The Morgan fingerprint density at radius 2 is 1.86 bits per heavy atom. The van der Waals surface area contributed by atoms with Crippen molar-refractivity contribution in [2.24, 2.45) is 0 Å². The largest absolute Gasteiger partial charge is 0.123 e. The molecule has 0 aliphatic heterocycles. The van der Waals surface area contributed by atoms with Gasteiger partial charge in [0.05, 0.1) is 0 Å². The fourth-order valence-electron chi connectivity index (χ4n) is 1.54. The third kappa shape index (κ3) is 4.66. The van der Waals surface area contributed by atoms with E-state index < -0.39 is 0 Å². The second kappa shape index (κ2) is 6.89. The summed E-state index contributed by atoms with van der Waals surface area (Å²) in [6, 6.07) is 10.7. The van der Waals surface area contributed by atoms with Gasteiger partial charge in [-0.2, -0.15) is 0 Å². The van der Waals surface area contributed by atoms with Gasteiger partial charge in [0.25, 0.3) is 0 Å². The number of aryl methyl sites for hydroxylation is 1. The Morgan fingerprint density at radius 3 is 2.50 bits per heavy atom. The van der Waals surface area contributed by atoms with Gasteiger partial charge in [-0.15, -0.1) is 11.6 Å².